The molecule has 1 N–H and O–H groups in total. The molecular weight excluding hydrogens is 162 g/mol. The molecule has 64 valence electrons. The van der Waals surface area contributed by atoms with Crippen LogP contribution in [0.1, 0.15) is 0 Å². The summed E-state index contributed by atoms with van der Waals surface area (Å²) < 4.78 is 4.93. The second kappa shape index (κ2) is 3.27. The maximum absolute atomic E-state index is 7.34. The van der Waals surface area contributed by atoms with Gasteiger partial charge in [-0.15, -0.1) is 0 Å². The van der Waals surface area contributed by atoms with Gasteiger partial charge in [-0.25, -0.2) is 0 Å². The van der Waals surface area contributed by atoms with Crippen LogP contribution in [-0.2, 0) is 4.74 Å². The van der Waals surface area contributed by atoms with Gasteiger partial charge < -0.3 is 10.1 Å². The Bertz CT molecular complexity index is 349. The van der Waals surface area contributed by atoms with E-state index in [2.05, 4.69) is 0 Å². The van der Waals surface area contributed by atoms with Gasteiger partial charge in [0, 0.05) is 0 Å². The number of rotatable bonds is 0. The molecule has 0 amide bonds. The first-order valence-corrected chi connectivity index (χ1v) is 4.04. The van der Waals surface area contributed by atoms with Crippen molar-refractivity contribution in [3.63, 3.8) is 0 Å². The third-order valence-corrected chi connectivity index (χ3v) is 1.87. The second-order valence-electron chi connectivity index (χ2n) is 2.77. The van der Waals surface area contributed by atoms with Crippen LogP contribution in [0.3, 0.4) is 0 Å². The monoisotopic (exact) mass is 171 g/mol. The maximum atomic E-state index is 7.34. The minimum atomic E-state index is 0.532. The van der Waals surface area contributed by atoms with Gasteiger partial charge in [0.1, 0.15) is 0 Å². The summed E-state index contributed by atoms with van der Waals surface area (Å²) in [5.41, 5.74) is 2.74. The first-order chi connectivity index (χ1) is 6.36. The highest BCUT2D eigenvalue weighted by molar-refractivity contribution is 6.03. The van der Waals surface area contributed by atoms with Crippen LogP contribution in [0, 0.1) is 5.41 Å². The van der Waals surface area contributed by atoms with Gasteiger partial charge in [-0.1, -0.05) is 12.2 Å². The molecular formula is C11H9NO. The molecule has 1 aliphatic heterocycles. The molecule has 1 heterocycles. The first-order valence-electron chi connectivity index (χ1n) is 4.04. The molecule has 0 aromatic carbocycles. The Morgan fingerprint density at radius 3 is 1.92 bits per heavy atom. The Morgan fingerprint density at radius 2 is 1.31 bits per heavy atom. The summed E-state index contributed by atoms with van der Waals surface area (Å²) >= 11 is 0. The molecule has 0 aromatic rings. The molecule has 0 saturated heterocycles. The molecule has 2 rings (SSSR count). The maximum Gasteiger partial charge on any atom is 0.0907 e. The fourth-order valence-corrected chi connectivity index (χ4v) is 1.18. The molecule has 0 unspecified atom stereocenters. The zero-order chi connectivity index (χ0) is 9.10. The number of hydrogen-bond acceptors (Lipinski definition) is 2. The van der Waals surface area contributed by atoms with E-state index in [9.17, 15) is 0 Å². The lowest BCUT2D eigenvalue weighted by Gasteiger charge is -2.07. The summed E-state index contributed by atoms with van der Waals surface area (Å²) in [7, 11) is 0. The topological polar surface area (TPSA) is 33.1 Å². The fraction of sp³-hybridized carbons (Fsp3) is 0. The molecule has 13 heavy (non-hydrogen) atoms. The lowest BCUT2D eigenvalue weighted by Crippen LogP contribution is -1.93. The predicted octanol–water partition coefficient (Wildman–Crippen LogP) is 2.49. The first kappa shape index (κ1) is 7.80. The molecule has 0 spiro atoms. The SMILES string of the molecule is N=C1C=CC(=C2C=COC=C2)C=C1. The second-order valence-corrected chi connectivity index (χ2v) is 2.77. The largest absolute Gasteiger partial charge is 0.473 e. The van der Waals surface area contributed by atoms with E-state index in [1.165, 1.54) is 0 Å². The van der Waals surface area contributed by atoms with E-state index in [0.717, 1.165) is 11.1 Å². The number of hydrogen-bond donors (Lipinski definition) is 1. The van der Waals surface area contributed by atoms with Crippen molar-refractivity contribution in [2.45, 2.75) is 0 Å². The molecule has 0 aromatic heterocycles. The van der Waals surface area contributed by atoms with E-state index in [0.29, 0.717) is 5.71 Å². The van der Waals surface area contributed by atoms with Gasteiger partial charge in [-0.2, -0.15) is 0 Å². The number of ether oxygens (including phenoxy) is 1. The van der Waals surface area contributed by atoms with E-state index in [-0.39, 0.29) is 0 Å². The lowest BCUT2D eigenvalue weighted by atomic mass is 10.0. The number of allylic oxidation sites excluding steroid dienone is 8. The third-order valence-electron chi connectivity index (χ3n) is 1.87. The fourth-order valence-electron chi connectivity index (χ4n) is 1.18. The molecule has 2 aliphatic rings. The van der Waals surface area contributed by atoms with Crippen molar-refractivity contribution in [2.24, 2.45) is 0 Å². The highest BCUT2D eigenvalue weighted by atomic mass is 16.5. The van der Waals surface area contributed by atoms with E-state index in [1.807, 2.05) is 24.3 Å². The molecule has 0 fully saturated rings. The van der Waals surface area contributed by atoms with Crippen molar-refractivity contribution >= 4 is 5.71 Å². The molecule has 0 saturated carbocycles. The van der Waals surface area contributed by atoms with Crippen LogP contribution in [0.25, 0.3) is 0 Å². The van der Waals surface area contributed by atoms with Gasteiger partial charge >= 0.3 is 0 Å². The van der Waals surface area contributed by atoms with Crippen molar-refractivity contribution in [3.8, 4) is 0 Å². The highest BCUT2D eigenvalue weighted by Crippen LogP contribution is 2.16. The van der Waals surface area contributed by atoms with Crippen LogP contribution in [0.2, 0.25) is 0 Å². The van der Waals surface area contributed by atoms with E-state index in [1.54, 1.807) is 24.7 Å². The van der Waals surface area contributed by atoms with Gasteiger partial charge in [0.05, 0.1) is 18.2 Å². The number of nitrogens with one attached hydrogen (secondary N) is 1. The summed E-state index contributed by atoms with van der Waals surface area (Å²) in [4.78, 5) is 0. The summed E-state index contributed by atoms with van der Waals surface area (Å²) in [6, 6.07) is 0. The highest BCUT2D eigenvalue weighted by Gasteiger charge is 2.01. The molecule has 1 aliphatic carbocycles. The third kappa shape index (κ3) is 1.67. The zero-order valence-corrected chi connectivity index (χ0v) is 7.03. The molecule has 2 heteroatoms. The van der Waals surface area contributed by atoms with Crippen LogP contribution in [0.4, 0.5) is 0 Å². The normalized spacial score (nSPS) is 19.5. The Labute approximate surface area is 76.7 Å². The molecule has 0 radical (unpaired) electrons. The van der Waals surface area contributed by atoms with Gasteiger partial charge in [-0.05, 0) is 35.5 Å². The van der Waals surface area contributed by atoms with Crippen molar-refractivity contribution < 1.29 is 4.74 Å². The minimum Gasteiger partial charge on any atom is -0.473 e. The Morgan fingerprint density at radius 1 is 0.769 bits per heavy atom. The quantitative estimate of drug-likeness (QED) is 0.596. The zero-order valence-electron chi connectivity index (χ0n) is 7.03. The summed E-state index contributed by atoms with van der Waals surface area (Å²) in [6.07, 6.45) is 14.5. The van der Waals surface area contributed by atoms with Crippen LogP contribution in [0.15, 0.2) is 60.1 Å². The van der Waals surface area contributed by atoms with Crippen LogP contribution in [0.5, 0.6) is 0 Å². The van der Waals surface area contributed by atoms with Crippen molar-refractivity contribution in [1.29, 1.82) is 5.41 Å². The minimum absolute atomic E-state index is 0.532. The standard InChI is InChI=1S/C11H9NO/c12-11-3-1-9(2-4-11)10-5-7-13-8-6-10/h1-8,12H. The van der Waals surface area contributed by atoms with Gasteiger partial charge in [0.25, 0.3) is 0 Å². The average molecular weight is 171 g/mol. The Balaban J connectivity index is 2.34. The van der Waals surface area contributed by atoms with Crippen molar-refractivity contribution in [2.75, 3.05) is 0 Å². The molecule has 2 nitrogen and oxygen atoms in total. The van der Waals surface area contributed by atoms with E-state index >= 15 is 0 Å². The van der Waals surface area contributed by atoms with Gasteiger partial charge in [0.15, 0.2) is 0 Å². The lowest BCUT2D eigenvalue weighted by molar-refractivity contribution is 0.398. The summed E-state index contributed by atoms with van der Waals surface area (Å²) in [5, 5.41) is 7.34. The predicted molar refractivity (Wildman–Crippen MR) is 52.4 cm³/mol. The van der Waals surface area contributed by atoms with E-state index < -0.39 is 0 Å². The van der Waals surface area contributed by atoms with E-state index in [4.69, 9.17) is 10.1 Å². The van der Waals surface area contributed by atoms with Crippen molar-refractivity contribution in [3.05, 3.63) is 60.1 Å². The average Bonchev–Trinajstić information content (AvgIpc) is 2.20. The molecule has 0 bridgehead atoms. The smallest absolute Gasteiger partial charge is 0.0907 e. The van der Waals surface area contributed by atoms with Crippen LogP contribution in [-0.4, -0.2) is 5.71 Å². The summed E-state index contributed by atoms with van der Waals surface area (Å²) in [5.74, 6) is 0. The Kier molecular flexibility index (Phi) is 1.96. The Hall–Kier alpha value is -1.83. The van der Waals surface area contributed by atoms with Crippen molar-refractivity contribution in [1.82, 2.24) is 0 Å². The van der Waals surface area contributed by atoms with Gasteiger partial charge in [0.2, 0.25) is 0 Å². The van der Waals surface area contributed by atoms with Crippen LogP contribution >= 0.6 is 0 Å². The van der Waals surface area contributed by atoms with Gasteiger partial charge in [-0.3, -0.25) is 0 Å². The van der Waals surface area contributed by atoms with Crippen LogP contribution < -0.4 is 0 Å². The molecule has 0 atom stereocenters. The summed E-state index contributed by atoms with van der Waals surface area (Å²) in [6.45, 7) is 0.